The van der Waals surface area contributed by atoms with Crippen LogP contribution in [0.3, 0.4) is 0 Å². The average Bonchev–Trinajstić information content (AvgIpc) is 2.63. The summed E-state index contributed by atoms with van der Waals surface area (Å²) in [6.07, 6.45) is 2.03. The Hall–Kier alpha value is -1.58. The van der Waals surface area contributed by atoms with E-state index in [0.29, 0.717) is 11.6 Å². The number of aliphatic hydroxyl groups excluding tert-OH is 1. The predicted octanol–water partition coefficient (Wildman–Crippen LogP) is 1.80. The zero-order chi connectivity index (χ0) is 13.6. The third-order valence-electron chi connectivity index (χ3n) is 1.66. The van der Waals surface area contributed by atoms with Crippen LogP contribution in [-0.4, -0.2) is 28.3 Å². The fraction of sp³-hybridized carbons (Fsp3) is 0.500. The van der Waals surface area contributed by atoms with Gasteiger partial charge in [-0.2, -0.15) is 0 Å². The number of urea groups is 1. The Balaban J connectivity index is 2.55. The molecule has 0 unspecified atom stereocenters. The van der Waals surface area contributed by atoms with Crippen molar-refractivity contribution in [1.29, 1.82) is 0 Å². The number of nitrogens with zero attached hydrogens (tertiary/aromatic N) is 1. The molecule has 0 aliphatic heterocycles. The molecule has 5 nitrogen and oxygen atoms in total. The van der Waals surface area contributed by atoms with E-state index >= 15 is 0 Å². The first-order chi connectivity index (χ1) is 8.40. The van der Waals surface area contributed by atoms with E-state index in [4.69, 9.17) is 5.11 Å². The second-order valence-corrected chi connectivity index (χ2v) is 5.66. The minimum absolute atomic E-state index is 0.0465. The Morgan fingerprint density at radius 3 is 2.89 bits per heavy atom. The molecule has 0 bridgehead atoms. The molecule has 0 aromatic carbocycles. The Kier molecular flexibility index (Phi) is 5.13. The van der Waals surface area contributed by atoms with Gasteiger partial charge < -0.3 is 10.4 Å². The second-order valence-electron chi connectivity index (χ2n) is 4.63. The molecule has 1 aromatic heterocycles. The topological polar surface area (TPSA) is 74.2 Å². The van der Waals surface area contributed by atoms with Gasteiger partial charge in [-0.3, -0.25) is 5.32 Å². The number of carbonyl (C=O) groups excluding carboxylic acids is 1. The Morgan fingerprint density at radius 1 is 1.56 bits per heavy atom. The van der Waals surface area contributed by atoms with E-state index in [1.54, 1.807) is 6.20 Å². The Labute approximate surface area is 111 Å². The van der Waals surface area contributed by atoms with Crippen LogP contribution in [0.1, 0.15) is 32.1 Å². The summed E-state index contributed by atoms with van der Waals surface area (Å²) in [6, 6.07) is -0.285. The van der Waals surface area contributed by atoms with E-state index in [1.807, 2.05) is 20.8 Å². The molecule has 0 saturated carbocycles. The van der Waals surface area contributed by atoms with E-state index in [2.05, 4.69) is 27.5 Å². The lowest BCUT2D eigenvalue weighted by molar-refractivity contribution is 0.244. The van der Waals surface area contributed by atoms with Crippen LogP contribution >= 0.6 is 11.3 Å². The fourth-order valence-electron chi connectivity index (χ4n) is 1.06. The predicted molar refractivity (Wildman–Crippen MR) is 72.6 cm³/mol. The minimum atomic E-state index is -0.287. The summed E-state index contributed by atoms with van der Waals surface area (Å²) < 4.78 is 0. The molecule has 1 rings (SSSR count). The summed E-state index contributed by atoms with van der Waals surface area (Å²) in [5, 5.41) is 14.5. The largest absolute Gasteiger partial charge is 0.395 e. The van der Waals surface area contributed by atoms with Crippen LogP contribution in [0.4, 0.5) is 9.93 Å². The number of anilines is 1. The van der Waals surface area contributed by atoms with Crippen LogP contribution in [0.2, 0.25) is 0 Å². The third-order valence-corrected chi connectivity index (χ3v) is 2.49. The molecule has 6 heteroatoms. The Bertz CT molecular complexity index is 466. The van der Waals surface area contributed by atoms with Gasteiger partial charge in [-0.15, -0.1) is 0 Å². The van der Waals surface area contributed by atoms with Crippen molar-refractivity contribution < 1.29 is 9.90 Å². The van der Waals surface area contributed by atoms with E-state index in [0.717, 1.165) is 4.88 Å². The molecule has 0 radical (unpaired) electrons. The maximum Gasteiger partial charge on any atom is 0.321 e. The van der Waals surface area contributed by atoms with Gasteiger partial charge in [0.1, 0.15) is 0 Å². The highest BCUT2D eigenvalue weighted by Crippen LogP contribution is 2.17. The van der Waals surface area contributed by atoms with Crippen molar-refractivity contribution in [2.45, 2.75) is 32.7 Å². The summed E-state index contributed by atoms with van der Waals surface area (Å²) in [5.74, 6) is 5.66. The molecule has 0 aliphatic carbocycles. The van der Waals surface area contributed by atoms with Crippen LogP contribution in [0.25, 0.3) is 0 Å². The molecule has 3 N–H and O–H groups in total. The first-order valence-corrected chi connectivity index (χ1v) is 6.37. The highest BCUT2D eigenvalue weighted by atomic mass is 32.1. The van der Waals surface area contributed by atoms with Crippen molar-refractivity contribution >= 4 is 22.5 Å². The summed E-state index contributed by atoms with van der Waals surface area (Å²) >= 11 is 1.30. The van der Waals surface area contributed by atoms with Gasteiger partial charge in [-0.1, -0.05) is 23.2 Å². The van der Waals surface area contributed by atoms with Crippen molar-refractivity contribution in [2.24, 2.45) is 0 Å². The number of aliphatic hydroxyl groups is 1. The molecule has 0 fully saturated rings. The first-order valence-electron chi connectivity index (χ1n) is 5.55. The van der Waals surface area contributed by atoms with Gasteiger partial charge in [0.05, 0.1) is 17.7 Å². The SMILES string of the molecule is CC(C)(C)NC(=O)Nc1ncc(C#CCCO)s1. The molecule has 1 aromatic rings. The van der Waals surface area contributed by atoms with Crippen LogP contribution in [-0.2, 0) is 0 Å². The van der Waals surface area contributed by atoms with Crippen molar-refractivity contribution in [1.82, 2.24) is 10.3 Å². The maximum absolute atomic E-state index is 11.6. The number of amides is 2. The van der Waals surface area contributed by atoms with E-state index in [1.165, 1.54) is 11.3 Å². The lowest BCUT2D eigenvalue weighted by atomic mass is 10.1. The number of thiazole rings is 1. The van der Waals surface area contributed by atoms with Gasteiger partial charge in [-0.05, 0) is 20.8 Å². The minimum Gasteiger partial charge on any atom is -0.395 e. The number of hydrogen-bond acceptors (Lipinski definition) is 4. The van der Waals surface area contributed by atoms with Crippen molar-refractivity contribution in [3.05, 3.63) is 11.1 Å². The smallest absolute Gasteiger partial charge is 0.321 e. The molecule has 0 aliphatic rings. The Morgan fingerprint density at radius 2 is 2.28 bits per heavy atom. The lowest BCUT2D eigenvalue weighted by Gasteiger charge is -2.19. The van der Waals surface area contributed by atoms with Gasteiger partial charge in [0.2, 0.25) is 0 Å². The molecular formula is C12H17N3O2S. The number of hydrogen-bond donors (Lipinski definition) is 3. The van der Waals surface area contributed by atoms with E-state index in [9.17, 15) is 4.79 Å². The summed E-state index contributed by atoms with van der Waals surface area (Å²) in [5.41, 5.74) is -0.287. The molecule has 18 heavy (non-hydrogen) atoms. The average molecular weight is 267 g/mol. The monoisotopic (exact) mass is 267 g/mol. The summed E-state index contributed by atoms with van der Waals surface area (Å²) in [6.45, 7) is 5.76. The zero-order valence-electron chi connectivity index (χ0n) is 10.7. The van der Waals surface area contributed by atoms with Gasteiger partial charge >= 0.3 is 6.03 Å². The number of nitrogens with one attached hydrogen (secondary N) is 2. The standard InChI is InChI=1S/C12H17N3O2S/c1-12(2,3)15-10(17)14-11-13-8-9(18-11)6-4-5-7-16/h8,16H,5,7H2,1-3H3,(H2,13,14,15,17). The molecular weight excluding hydrogens is 250 g/mol. The quantitative estimate of drug-likeness (QED) is 0.715. The maximum atomic E-state index is 11.6. The van der Waals surface area contributed by atoms with Crippen molar-refractivity contribution in [2.75, 3.05) is 11.9 Å². The number of aromatic nitrogens is 1. The molecule has 98 valence electrons. The first kappa shape index (κ1) is 14.5. The van der Waals surface area contributed by atoms with Crippen LogP contribution in [0, 0.1) is 11.8 Å². The second kappa shape index (κ2) is 6.38. The normalized spacial score (nSPS) is 10.4. The highest BCUT2D eigenvalue weighted by Gasteiger charge is 2.14. The highest BCUT2D eigenvalue weighted by molar-refractivity contribution is 7.16. The summed E-state index contributed by atoms with van der Waals surface area (Å²) in [4.78, 5) is 16.4. The van der Waals surface area contributed by atoms with E-state index < -0.39 is 0 Å². The molecule has 1 heterocycles. The van der Waals surface area contributed by atoms with Crippen LogP contribution in [0.15, 0.2) is 6.20 Å². The van der Waals surface area contributed by atoms with Gasteiger partial charge in [0, 0.05) is 12.0 Å². The van der Waals surface area contributed by atoms with Gasteiger partial charge in [-0.25, -0.2) is 9.78 Å². The lowest BCUT2D eigenvalue weighted by Crippen LogP contribution is -2.43. The number of carbonyl (C=O) groups is 1. The zero-order valence-corrected chi connectivity index (χ0v) is 11.5. The fourth-order valence-corrected chi connectivity index (χ4v) is 1.75. The summed E-state index contributed by atoms with van der Waals surface area (Å²) in [7, 11) is 0. The number of rotatable bonds is 2. The van der Waals surface area contributed by atoms with Gasteiger partial charge in [0.25, 0.3) is 0 Å². The molecule has 0 atom stereocenters. The molecule has 0 saturated heterocycles. The van der Waals surface area contributed by atoms with Crippen LogP contribution in [0.5, 0.6) is 0 Å². The van der Waals surface area contributed by atoms with Gasteiger partial charge in [0.15, 0.2) is 5.13 Å². The van der Waals surface area contributed by atoms with Crippen LogP contribution < -0.4 is 10.6 Å². The third kappa shape index (κ3) is 5.66. The van der Waals surface area contributed by atoms with Crippen molar-refractivity contribution in [3.8, 4) is 11.8 Å². The molecule has 2 amide bonds. The molecule has 0 spiro atoms. The van der Waals surface area contributed by atoms with E-state index in [-0.39, 0.29) is 18.2 Å². The van der Waals surface area contributed by atoms with Crippen molar-refractivity contribution in [3.63, 3.8) is 0 Å².